The van der Waals surface area contributed by atoms with Gasteiger partial charge in [-0.25, -0.2) is 4.39 Å². The average Bonchev–Trinajstić information content (AvgIpc) is 2.59. The van der Waals surface area contributed by atoms with Crippen LogP contribution in [0.4, 0.5) is 17.6 Å². The van der Waals surface area contributed by atoms with Crippen LogP contribution in [0.25, 0.3) is 0 Å². The molecule has 0 heterocycles. The summed E-state index contributed by atoms with van der Waals surface area (Å²) in [7, 11) is 0. The zero-order valence-electron chi connectivity index (χ0n) is 13.3. The number of amides is 2. The van der Waals surface area contributed by atoms with Gasteiger partial charge in [0.2, 0.25) is 5.91 Å². The number of nitrogens with one attached hydrogen (secondary N) is 2. The van der Waals surface area contributed by atoms with Gasteiger partial charge >= 0.3 is 6.18 Å². The molecule has 0 aliphatic rings. The Morgan fingerprint density at radius 3 is 2.35 bits per heavy atom. The van der Waals surface area contributed by atoms with Crippen LogP contribution in [0.3, 0.4) is 0 Å². The molecule has 2 rings (SSSR count). The second-order valence-corrected chi connectivity index (χ2v) is 5.19. The summed E-state index contributed by atoms with van der Waals surface area (Å²) >= 11 is 0. The number of carbonyl (C=O) groups excluding carboxylic acids is 2. The number of hydrogen-bond donors (Lipinski definition) is 2. The van der Waals surface area contributed by atoms with Crippen molar-refractivity contribution in [3.63, 3.8) is 0 Å². The van der Waals surface area contributed by atoms with Crippen molar-refractivity contribution >= 4 is 11.8 Å². The largest absolute Gasteiger partial charge is 0.481 e. The fraction of sp³-hybridized carbons (Fsp3) is 0.176. The van der Waals surface area contributed by atoms with Crippen molar-refractivity contribution in [2.24, 2.45) is 0 Å². The van der Waals surface area contributed by atoms with Gasteiger partial charge in [0.25, 0.3) is 5.91 Å². The van der Waals surface area contributed by atoms with Crippen LogP contribution in [0, 0.1) is 5.82 Å². The third-order valence-electron chi connectivity index (χ3n) is 3.16. The van der Waals surface area contributed by atoms with Crippen molar-refractivity contribution in [2.75, 3.05) is 6.61 Å². The van der Waals surface area contributed by atoms with Crippen molar-refractivity contribution in [3.8, 4) is 5.75 Å². The topological polar surface area (TPSA) is 67.4 Å². The predicted octanol–water partition coefficient (Wildman–Crippen LogP) is 2.61. The number of alkyl halides is 3. The lowest BCUT2D eigenvalue weighted by atomic mass is 10.1. The van der Waals surface area contributed by atoms with E-state index in [9.17, 15) is 27.2 Å². The number of benzene rings is 2. The summed E-state index contributed by atoms with van der Waals surface area (Å²) in [5, 5.41) is 0. The third-order valence-corrected chi connectivity index (χ3v) is 3.16. The minimum Gasteiger partial charge on any atom is -0.481 e. The van der Waals surface area contributed by atoms with E-state index >= 15 is 0 Å². The van der Waals surface area contributed by atoms with E-state index < -0.39 is 36.0 Å². The quantitative estimate of drug-likeness (QED) is 0.628. The number of hydrazine groups is 1. The van der Waals surface area contributed by atoms with Crippen LogP contribution >= 0.6 is 0 Å². The summed E-state index contributed by atoms with van der Waals surface area (Å²) in [6, 6.07) is 9.75. The van der Waals surface area contributed by atoms with Crippen LogP contribution in [0.2, 0.25) is 0 Å². The van der Waals surface area contributed by atoms with E-state index in [0.717, 1.165) is 18.2 Å². The highest BCUT2D eigenvalue weighted by molar-refractivity contribution is 5.83. The lowest BCUT2D eigenvalue weighted by Crippen LogP contribution is -2.44. The summed E-state index contributed by atoms with van der Waals surface area (Å²) in [6.07, 6.45) is -4.87. The Labute approximate surface area is 145 Å². The molecule has 2 N–H and O–H groups in total. The molecule has 0 bridgehead atoms. The van der Waals surface area contributed by atoms with Gasteiger partial charge in [-0.3, -0.25) is 20.4 Å². The first-order valence-corrected chi connectivity index (χ1v) is 7.37. The maximum Gasteiger partial charge on any atom is 0.416 e. The molecular weight excluding hydrogens is 356 g/mol. The summed E-state index contributed by atoms with van der Waals surface area (Å²) in [6.45, 7) is -0.551. The fourth-order valence-electron chi connectivity index (χ4n) is 1.97. The van der Waals surface area contributed by atoms with E-state index in [-0.39, 0.29) is 17.7 Å². The molecule has 138 valence electrons. The van der Waals surface area contributed by atoms with Crippen molar-refractivity contribution < 1.29 is 31.9 Å². The molecule has 2 amide bonds. The first-order valence-electron chi connectivity index (χ1n) is 7.37. The molecule has 2 aromatic rings. The number of rotatable bonds is 5. The first-order chi connectivity index (χ1) is 12.3. The van der Waals surface area contributed by atoms with E-state index in [1.165, 1.54) is 30.3 Å². The van der Waals surface area contributed by atoms with E-state index in [1.54, 1.807) is 0 Å². The molecule has 0 aromatic heterocycles. The highest BCUT2D eigenvalue weighted by Crippen LogP contribution is 2.29. The summed E-state index contributed by atoms with van der Waals surface area (Å²) < 4.78 is 56.1. The van der Waals surface area contributed by atoms with Gasteiger partial charge in [0.05, 0.1) is 12.0 Å². The molecule has 0 radical (unpaired) electrons. The molecule has 5 nitrogen and oxygen atoms in total. The lowest BCUT2D eigenvalue weighted by Gasteiger charge is -2.10. The smallest absolute Gasteiger partial charge is 0.416 e. The van der Waals surface area contributed by atoms with Gasteiger partial charge in [-0.1, -0.05) is 30.3 Å². The Morgan fingerprint density at radius 2 is 1.65 bits per heavy atom. The number of halogens is 4. The summed E-state index contributed by atoms with van der Waals surface area (Å²) in [5.41, 5.74) is 3.34. The average molecular weight is 370 g/mol. The maximum absolute atomic E-state index is 13.3. The van der Waals surface area contributed by atoms with Gasteiger partial charge in [0.1, 0.15) is 0 Å². The van der Waals surface area contributed by atoms with Gasteiger partial charge in [-0.05, 0) is 23.8 Å². The van der Waals surface area contributed by atoms with Gasteiger partial charge in [0, 0.05) is 0 Å². The first kappa shape index (κ1) is 19.2. The molecule has 0 saturated heterocycles. The molecule has 0 aliphatic heterocycles. The van der Waals surface area contributed by atoms with Gasteiger partial charge in [0.15, 0.2) is 18.2 Å². The Kier molecular flexibility index (Phi) is 6.16. The minimum atomic E-state index is -4.51. The summed E-state index contributed by atoms with van der Waals surface area (Å²) in [5.74, 6) is -2.25. The van der Waals surface area contributed by atoms with E-state index in [1.807, 2.05) is 10.9 Å². The van der Waals surface area contributed by atoms with E-state index in [4.69, 9.17) is 4.74 Å². The van der Waals surface area contributed by atoms with Gasteiger partial charge in [-0.2, -0.15) is 13.2 Å². The summed E-state index contributed by atoms with van der Waals surface area (Å²) in [4.78, 5) is 23.2. The molecule has 2 aromatic carbocycles. The second kappa shape index (κ2) is 8.32. The molecule has 0 unspecified atom stereocenters. The SMILES string of the molecule is O=C(COc1ccccc1F)NNC(=O)Cc1cccc(C(F)(F)F)c1. The van der Waals surface area contributed by atoms with Crippen LogP contribution in [0.1, 0.15) is 11.1 Å². The molecule has 0 spiro atoms. The lowest BCUT2D eigenvalue weighted by molar-refractivity contribution is -0.137. The van der Waals surface area contributed by atoms with Crippen LogP contribution in [0.15, 0.2) is 48.5 Å². The van der Waals surface area contributed by atoms with Crippen LogP contribution in [-0.2, 0) is 22.2 Å². The van der Waals surface area contributed by atoms with Gasteiger partial charge < -0.3 is 4.74 Å². The van der Waals surface area contributed by atoms with Crippen LogP contribution in [0.5, 0.6) is 5.75 Å². The van der Waals surface area contributed by atoms with E-state index in [0.29, 0.717) is 0 Å². The Bertz CT molecular complexity index is 794. The number of ether oxygens (including phenoxy) is 1. The fourth-order valence-corrected chi connectivity index (χ4v) is 1.97. The zero-order valence-corrected chi connectivity index (χ0v) is 13.3. The number of para-hydroxylation sites is 1. The maximum atomic E-state index is 13.3. The Balaban J connectivity index is 1.80. The van der Waals surface area contributed by atoms with Crippen molar-refractivity contribution in [3.05, 3.63) is 65.5 Å². The molecule has 26 heavy (non-hydrogen) atoms. The third kappa shape index (κ3) is 5.76. The Morgan fingerprint density at radius 1 is 0.962 bits per heavy atom. The normalized spacial score (nSPS) is 10.9. The highest BCUT2D eigenvalue weighted by atomic mass is 19.4. The number of carbonyl (C=O) groups is 2. The molecule has 9 heteroatoms. The monoisotopic (exact) mass is 370 g/mol. The molecule has 0 atom stereocenters. The van der Waals surface area contributed by atoms with Crippen molar-refractivity contribution in [2.45, 2.75) is 12.6 Å². The van der Waals surface area contributed by atoms with Gasteiger partial charge in [-0.15, -0.1) is 0 Å². The van der Waals surface area contributed by atoms with Crippen molar-refractivity contribution in [1.82, 2.24) is 10.9 Å². The molecule has 0 aliphatic carbocycles. The molecule has 0 saturated carbocycles. The number of hydrogen-bond acceptors (Lipinski definition) is 3. The molecular formula is C17H14F4N2O3. The highest BCUT2D eigenvalue weighted by Gasteiger charge is 2.30. The van der Waals surface area contributed by atoms with Crippen LogP contribution < -0.4 is 15.6 Å². The molecule has 0 fully saturated rings. The van der Waals surface area contributed by atoms with Crippen LogP contribution in [-0.4, -0.2) is 18.4 Å². The Hall–Kier alpha value is -3.10. The van der Waals surface area contributed by atoms with E-state index in [2.05, 4.69) is 0 Å². The zero-order chi connectivity index (χ0) is 19.2. The minimum absolute atomic E-state index is 0.127. The van der Waals surface area contributed by atoms with Crippen molar-refractivity contribution in [1.29, 1.82) is 0 Å². The standard InChI is InChI=1S/C17H14F4N2O3/c18-13-6-1-2-7-14(13)26-10-16(25)23-22-15(24)9-11-4-3-5-12(8-11)17(19,20)21/h1-8H,9-10H2,(H,22,24)(H,23,25). The predicted molar refractivity (Wildman–Crippen MR) is 83.3 cm³/mol. The second-order valence-electron chi connectivity index (χ2n) is 5.19.